The number of rotatable bonds is 11. The van der Waals surface area contributed by atoms with Crippen LogP contribution in [-0.2, 0) is 6.54 Å². The molecule has 6 heteroatoms. The summed E-state index contributed by atoms with van der Waals surface area (Å²) in [5.74, 6) is -0.214. The van der Waals surface area contributed by atoms with E-state index in [2.05, 4.69) is 42.3 Å². The molecule has 0 spiro atoms. The zero-order valence-corrected chi connectivity index (χ0v) is 20.1. The molecule has 1 aromatic carbocycles. The van der Waals surface area contributed by atoms with Gasteiger partial charge >= 0.3 is 6.11 Å². The first-order chi connectivity index (χ1) is 15.6. The van der Waals surface area contributed by atoms with Crippen molar-refractivity contribution < 1.29 is 17.9 Å². The van der Waals surface area contributed by atoms with E-state index >= 15 is 0 Å². The Bertz CT molecular complexity index is 881. The van der Waals surface area contributed by atoms with E-state index in [1.54, 1.807) is 12.1 Å². The van der Waals surface area contributed by atoms with Crippen molar-refractivity contribution in [3.05, 3.63) is 64.9 Å². The molecule has 4 unspecified atom stereocenters. The fourth-order valence-corrected chi connectivity index (χ4v) is 4.58. The summed E-state index contributed by atoms with van der Waals surface area (Å²) in [5.41, 5.74) is 11.4. The first kappa shape index (κ1) is 25.4. The average Bonchev–Trinajstić information content (AvgIpc) is 3.43. The van der Waals surface area contributed by atoms with Crippen LogP contribution < -0.4 is 15.8 Å². The molecule has 1 saturated carbocycles. The molecule has 0 aliphatic heterocycles. The number of allylic oxidation sites excluding steroid dienone is 4. The average molecular weight is 463 g/mol. The lowest BCUT2D eigenvalue weighted by molar-refractivity contribution is -0.228. The predicted octanol–water partition coefficient (Wildman–Crippen LogP) is 6.67. The quantitative estimate of drug-likeness (QED) is 0.361. The Hall–Kier alpha value is -2.21. The van der Waals surface area contributed by atoms with E-state index in [1.807, 2.05) is 0 Å². The van der Waals surface area contributed by atoms with Crippen LogP contribution in [0.25, 0.3) is 0 Å². The van der Waals surface area contributed by atoms with Crippen molar-refractivity contribution in [1.82, 2.24) is 5.32 Å². The van der Waals surface area contributed by atoms with Crippen LogP contribution in [0.1, 0.15) is 58.9 Å². The normalized spacial score (nSPS) is 21.2. The lowest BCUT2D eigenvalue weighted by Crippen LogP contribution is -2.39. The van der Waals surface area contributed by atoms with Crippen molar-refractivity contribution >= 4 is 0 Å². The molecule has 1 fully saturated rings. The summed E-state index contributed by atoms with van der Waals surface area (Å²) in [6, 6.07) is 6.38. The zero-order valence-electron chi connectivity index (χ0n) is 20.1. The maximum absolute atomic E-state index is 13.9. The van der Waals surface area contributed by atoms with Gasteiger partial charge in [-0.25, -0.2) is 4.39 Å². The second kappa shape index (κ2) is 10.8. The molecule has 4 atom stereocenters. The monoisotopic (exact) mass is 462 g/mol. The summed E-state index contributed by atoms with van der Waals surface area (Å²) in [6.45, 7) is 7.65. The fraction of sp³-hybridized carbons (Fsp3) is 0.556. The Morgan fingerprint density at radius 2 is 1.85 bits per heavy atom. The van der Waals surface area contributed by atoms with Gasteiger partial charge in [-0.3, -0.25) is 0 Å². The van der Waals surface area contributed by atoms with Crippen molar-refractivity contribution in [2.24, 2.45) is 23.5 Å². The highest BCUT2D eigenvalue weighted by atomic mass is 19.3. The van der Waals surface area contributed by atoms with Gasteiger partial charge in [0.25, 0.3) is 0 Å². The van der Waals surface area contributed by atoms with Gasteiger partial charge in [-0.1, -0.05) is 50.6 Å². The summed E-state index contributed by atoms with van der Waals surface area (Å²) in [7, 11) is 0. The van der Waals surface area contributed by atoms with Crippen molar-refractivity contribution in [3.63, 3.8) is 0 Å². The molecule has 0 aromatic heterocycles. The molecular weight excluding hydrogens is 425 g/mol. The van der Waals surface area contributed by atoms with E-state index < -0.39 is 18.2 Å². The maximum Gasteiger partial charge on any atom is 0.430 e. The first-order valence-corrected chi connectivity index (χ1v) is 12.0. The van der Waals surface area contributed by atoms with E-state index in [1.165, 1.54) is 42.7 Å². The number of alkyl halides is 3. The minimum atomic E-state index is -3.86. The zero-order chi connectivity index (χ0) is 24.2. The Labute approximate surface area is 196 Å². The molecule has 1 aromatic rings. The van der Waals surface area contributed by atoms with Crippen LogP contribution in [0.4, 0.5) is 13.2 Å². The van der Waals surface area contributed by atoms with Crippen LogP contribution in [0.3, 0.4) is 0 Å². The van der Waals surface area contributed by atoms with Gasteiger partial charge in [-0.05, 0) is 73.6 Å². The third kappa shape index (κ3) is 6.66. The molecule has 3 rings (SSSR count). The molecular formula is C27H37F3N2O. The van der Waals surface area contributed by atoms with Gasteiger partial charge in [-0.2, -0.15) is 8.78 Å². The number of nitrogens with one attached hydrogen (secondary N) is 1. The minimum absolute atomic E-state index is 0.0385. The van der Waals surface area contributed by atoms with Crippen LogP contribution >= 0.6 is 0 Å². The molecule has 0 radical (unpaired) electrons. The molecule has 0 amide bonds. The fourth-order valence-electron chi connectivity index (χ4n) is 4.58. The number of hydrogen-bond donors (Lipinski definition) is 2. The third-order valence-corrected chi connectivity index (χ3v) is 6.46. The highest BCUT2D eigenvalue weighted by molar-refractivity contribution is 5.37. The summed E-state index contributed by atoms with van der Waals surface area (Å²) >= 11 is 0. The highest BCUT2D eigenvalue weighted by Gasteiger charge is 2.45. The van der Waals surface area contributed by atoms with E-state index in [0.717, 1.165) is 31.2 Å². The Balaban J connectivity index is 1.66. The second-order valence-corrected chi connectivity index (χ2v) is 9.66. The lowest BCUT2D eigenvalue weighted by Gasteiger charge is -2.26. The molecule has 0 saturated heterocycles. The lowest BCUT2D eigenvalue weighted by atomic mass is 9.81. The molecule has 33 heavy (non-hydrogen) atoms. The van der Waals surface area contributed by atoms with Crippen LogP contribution in [0, 0.1) is 17.8 Å². The Morgan fingerprint density at radius 1 is 1.18 bits per heavy atom. The van der Waals surface area contributed by atoms with E-state index in [0.29, 0.717) is 12.5 Å². The van der Waals surface area contributed by atoms with Crippen LogP contribution in [0.15, 0.2) is 59.3 Å². The van der Waals surface area contributed by atoms with Gasteiger partial charge in [-0.15, -0.1) is 0 Å². The van der Waals surface area contributed by atoms with E-state index in [-0.39, 0.29) is 17.7 Å². The molecule has 2 aliphatic carbocycles. The Morgan fingerprint density at radius 3 is 2.36 bits per heavy atom. The first-order valence-electron chi connectivity index (χ1n) is 12.0. The summed E-state index contributed by atoms with van der Waals surface area (Å²) < 4.78 is 46.2. The van der Waals surface area contributed by atoms with Gasteiger partial charge < -0.3 is 15.8 Å². The summed E-state index contributed by atoms with van der Waals surface area (Å²) in [6.07, 6.45) is 4.88. The van der Waals surface area contributed by atoms with Crippen molar-refractivity contribution in [3.8, 4) is 5.75 Å². The topological polar surface area (TPSA) is 47.3 Å². The minimum Gasteiger partial charge on any atom is -0.430 e. The molecule has 0 bridgehead atoms. The van der Waals surface area contributed by atoms with Gasteiger partial charge in [0.05, 0.1) is 0 Å². The number of benzene rings is 1. The van der Waals surface area contributed by atoms with Crippen LogP contribution in [-0.4, -0.2) is 18.3 Å². The van der Waals surface area contributed by atoms with Crippen molar-refractivity contribution in [2.75, 3.05) is 0 Å². The number of nitrogens with two attached hydrogens (primary N) is 1. The second-order valence-electron chi connectivity index (χ2n) is 9.66. The van der Waals surface area contributed by atoms with Gasteiger partial charge in [0.2, 0.25) is 6.17 Å². The number of halogens is 3. The SMILES string of the molecule is CC(N)C(=C1CC1)C(C)/C(=C/NCc1ccc(OC(F)(F)C(F)C(C)C)cc1)C1C=CCC1. The smallest absolute Gasteiger partial charge is 0.430 e. The predicted molar refractivity (Wildman–Crippen MR) is 128 cm³/mol. The Kier molecular flexibility index (Phi) is 8.33. The van der Waals surface area contributed by atoms with Crippen LogP contribution in [0.5, 0.6) is 5.75 Å². The molecule has 3 N–H and O–H groups in total. The standard InChI is InChI=1S/C27H37F3N2O/c1-17(2)26(28)27(29,30)33-23-13-9-20(10-14-23)15-32-16-24(21-7-5-6-8-21)18(3)25(19(4)31)22-11-12-22/h5,7,9-10,13-14,16-19,21,26,32H,6,8,11-12,15,31H2,1-4H3/b24-16-. The van der Waals surface area contributed by atoms with Gasteiger partial charge in [0.15, 0.2) is 0 Å². The number of hydrogen-bond acceptors (Lipinski definition) is 3. The molecule has 182 valence electrons. The molecule has 3 nitrogen and oxygen atoms in total. The van der Waals surface area contributed by atoms with Crippen LogP contribution in [0.2, 0.25) is 0 Å². The number of ether oxygens (including phenoxy) is 1. The van der Waals surface area contributed by atoms with E-state index in [4.69, 9.17) is 5.73 Å². The summed E-state index contributed by atoms with van der Waals surface area (Å²) in [5, 5.41) is 3.41. The summed E-state index contributed by atoms with van der Waals surface area (Å²) in [4.78, 5) is 0. The molecule has 0 heterocycles. The van der Waals surface area contributed by atoms with Crippen molar-refractivity contribution in [2.45, 2.75) is 78.2 Å². The maximum atomic E-state index is 13.9. The van der Waals surface area contributed by atoms with Gasteiger partial charge in [0, 0.05) is 24.4 Å². The largest absolute Gasteiger partial charge is 0.430 e. The van der Waals surface area contributed by atoms with E-state index in [9.17, 15) is 13.2 Å². The molecule has 2 aliphatic rings. The van der Waals surface area contributed by atoms with Crippen molar-refractivity contribution in [1.29, 1.82) is 0 Å². The van der Waals surface area contributed by atoms with Gasteiger partial charge in [0.1, 0.15) is 5.75 Å². The highest BCUT2D eigenvalue weighted by Crippen LogP contribution is 2.41. The third-order valence-electron chi connectivity index (χ3n) is 6.46.